The SMILES string of the molecule is C=C1C(=O)Nc2cc(Cl)c(-c3ccc(C4(CO)CC4)cc3)cc21.COc1cccnc1. The minimum absolute atomic E-state index is 0.0368. The molecule has 6 heteroatoms. The maximum Gasteiger partial charge on any atom is 0.255 e. The first kappa shape index (κ1) is 21.1. The van der Waals surface area contributed by atoms with Gasteiger partial charge in [-0.1, -0.05) is 42.4 Å². The number of carbonyl (C=O) groups excluding carboxylic acids is 1. The van der Waals surface area contributed by atoms with Crippen molar-refractivity contribution in [2.24, 2.45) is 0 Å². The van der Waals surface area contributed by atoms with Crippen LogP contribution in [0.2, 0.25) is 5.02 Å². The molecule has 31 heavy (non-hydrogen) atoms. The number of anilines is 1. The molecule has 1 aromatic heterocycles. The van der Waals surface area contributed by atoms with Crippen molar-refractivity contribution in [1.82, 2.24) is 4.98 Å². The van der Waals surface area contributed by atoms with E-state index >= 15 is 0 Å². The third kappa shape index (κ3) is 4.20. The Morgan fingerprint density at radius 2 is 1.94 bits per heavy atom. The fourth-order valence-electron chi connectivity index (χ4n) is 3.63. The number of aliphatic hydroxyl groups is 1. The number of aliphatic hydroxyl groups excluding tert-OH is 1. The van der Waals surface area contributed by atoms with Gasteiger partial charge in [0, 0.05) is 28.3 Å². The molecule has 2 heterocycles. The normalized spacial score (nSPS) is 15.5. The second-order valence-corrected chi connectivity index (χ2v) is 8.13. The molecule has 1 aliphatic carbocycles. The topological polar surface area (TPSA) is 71.5 Å². The van der Waals surface area contributed by atoms with Gasteiger partial charge in [0.25, 0.3) is 5.91 Å². The van der Waals surface area contributed by atoms with Gasteiger partial charge in [-0.15, -0.1) is 0 Å². The van der Waals surface area contributed by atoms with Gasteiger partial charge in [-0.3, -0.25) is 9.78 Å². The van der Waals surface area contributed by atoms with E-state index in [1.807, 2.05) is 30.3 Å². The molecule has 0 unspecified atom stereocenters. The summed E-state index contributed by atoms with van der Waals surface area (Å²) in [6.45, 7) is 4.02. The van der Waals surface area contributed by atoms with E-state index in [1.165, 1.54) is 5.56 Å². The molecule has 1 fully saturated rings. The maximum atomic E-state index is 11.7. The summed E-state index contributed by atoms with van der Waals surface area (Å²) < 4.78 is 4.85. The van der Waals surface area contributed by atoms with Crippen molar-refractivity contribution in [3.05, 3.63) is 83.7 Å². The van der Waals surface area contributed by atoms with Gasteiger partial charge in [0.15, 0.2) is 0 Å². The van der Waals surface area contributed by atoms with E-state index in [0.717, 1.165) is 35.3 Å². The molecule has 0 atom stereocenters. The summed E-state index contributed by atoms with van der Waals surface area (Å²) in [6, 6.07) is 15.5. The number of hydrogen-bond donors (Lipinski definition) is 2. The Bertz CT molecular complexity index is 1120. The number of nitrogens with one attached hydrogen (secondary N) is 1. The van der Waals surface area contributed by atoms with E-state index in [2.05, 4.69) is 29.0 Å². The Morgan fingerprint density at radius 1 is 1.19 bits per heavy atom. The molecule has 0 bridgehead atoms. The second kappa shape index (κ2) is 8.53. The largest absolute Gasteiger partial charge is 0.495 e. The summed E-state index contributed by atoms with van der Waals surface area (Å²) >= 11 is 6.39. The molecule has 2 aliphatic rings. The molecule has 0 spiro atoms. The molecule has 158 valence electrons. The predicted molar refractivity (Wildman–Crippen MR) is 123 cm³/mol. The van der Waals surface area contributed by atoms with Gasteiger partial charge in [-0.2, -0.15) is 0 Å². The van der Waals surface area contributed by atoms with E-state index in [4.69, 9.17) is 16.3 Å². The van der Waals surface area contributed by atoms with Crippen LogP contribution in [0.15, 0.2) is 67.5 Å². The van der Waals surface area contributed by atoms with Crippen LogP contribution in [0.3, 0.4) is 0 Å². The number of methoxy groups -OCH3 is 1. The highest BCUT2D eigenvalue weighted by atomic mass is 35.5. The first-order chi connectivity index (χ1) is 15.0. The molecule has 0 saturated heterocycles. The highest BCUT2D eigenvalue weighted by Gasteiger charge is 2.43. The van der Waals surface area contributed by atoms with Gasteiger partial charge in [-0.25, -0.2) is 0 Å². The van der Waals surface area contributed by atoms with Crippen molar-refractivity contribution < 1.29 is 14.6 Å². The average molecular weight is 435 g/mol. The Balaban J connectivity index is 0.000000245. The molecule has 1 amide bonds. The van der Waals surface area contributed by atoms with Gasteiger partial charge < -0.3 is 15.2 Å². The van der Waals surface area contributed by atoms with Gasteiger partial charge in [0.2, 0.25) is 0 Å². The number of nitrogens with zero attached hydrogens (tertiary/aromatic N) is 1. The summed E-state index contributed by atoms with van der Waals surface area (Å²) in [4.78, 5) is 15.5. The van der Waals surface area contributed by atoms with Crippen LogP contribution >= 0.6 is 11.6 Å². The zero-order valence-corrected chi connectivity index (χ0v) is 17.9. The number of amides is 1. The minimum atomic E-state index is -0.179. The molecule has 2 N–H and O–H groups in total. The van der Waals surface area contributed by atoms with Gasteiger partial charge in [0.05, 0.1) is 30.6 Å². The first-order valence-electron chi connectivity index (χ1n) is 9.97. The molecular weight excluding hydrogens is 412 g/mol. The van der Waals surface area contributed by atoms with Crippen LogP contribution in [0.1, 0.15) is 24.0 Å². The Labute approximate surface area is 186 Å². The number of aromatic nitrogens is 1. The minimum Gasteiger partial charge on any atom is -0.495 e. The molecule has 1 aliphatic heterocycles. The Hall–Kier alpha value is -3.15. The molecule has 2 aromatic carbocycles. The maximum absolute atomic E-state index is 11.7. The van der Waals surface area contributed by atoms with E-state index < -0.39 is 0 Å². The lowest BCUT2D eigenvalue weighted by Gasteiger charge is -2.13. The summed E-state index contributed by atoms with van der Waals surface area (Å²) in [6.07, 6.45) is 5.45. The number of hydrogen-bond acceptors (Lipinski definition) is 4. The summed E-state index contributed by atoms with van der Waals surface area (Å²) in [7, 11) is 1.62. The fraction of sp³-hybridized carbons (Fsp3) is 0.200. The number of benzene rings is 2. The lowest BCUT2D eigenvalue weighted by Crippen LogP contribution is -2.11. The van der Waals surface area contributed by atoms with Crippen LogP contribution < -0.4 is 10.1 Å². The third-order valence-electron chi connectivity index (χ3n) is 5.79. The predicted octanol–water partition coefficient (Wildman–Crippen LogP) is 5.09. The molecule has 1 saturated carbocycles. The zero-order valence-electron chi connectivity index (χ0n) is 17.2. The standard InChI is InChI=1S/C19H16ClNO2.C6H7NO/c1-11-14-8-15(16(20)9-17(14)21-18(11)23)12-2-4-13(5-3-12)19(10-22)6-7-19;1-8-6-3-2-4-7-5-6/h2-5,8-9,22H,1,6-7,10H2,(H,21,23);2-5H,1H3. The van der Waals surface area contributed by atoms with Crippen LogP contribution in [0.25, 0.3) is 16.7 Å². The highest BCUT2D eigenvalue weighted by molar-refractivity contribution is 6.36. The quantitative estimate of drug-likeness (QED) is 0.561. The Morgan fingerprint density at radius 3 is 2.48 bits per heavy atom. The van der Waals surface area contributed by atoms with Crippen LogP contribution in [-0.4, -0.2) is 29.7 Å². The summed E-state index contributed by atoms with van der Waals surface area (Å²) in [5.74, 6) is 0.620. The number of carbonyl (C=O) groups is 1. The number of pyridine rings is 1. The van der Waals surface area contributed by atoms with E-state index in [-0.39, 0.29) is 17.9 Å². The smallest absolute Gasteiger partial charge is 0.255 e. The van der Waals surface area contributed by atoms with Gasteiger partial charge >= 0.3 is 0 Å². The van der Waals surface area contributed by atoms with Crippen LogP contribution in [0.5, 0.6) is 5.75 Å². The van der Waals surface area contributed by atoms with Crippen molar-refractivity contribution in [2.45, 2.75) is 18.3 Å². The lowest BCUT2D eigenvalue weighted by molar-refractivity contribution is -0.110. The number of halogens is 1. The van der Waals surface area contributed by atoms with Crippen molar-refractivity contribution in [3.8, 4) is 16.9 Å². The third-order valence-corrected chi connectivity index (χ3v) is 6.10. The van der Waals surface area contributed by atoms with Crippen molar-refractivity contribution in [2.75, 3.05) is 19.0 Å². The number of rotatable bonds is 4. The van der Waals surface area contributed by atoms with E-state index in [0.29, 0.717) is 16.3 Å². The zero-order chi connectivity index (χ0) is 22.0. The summed E-state index contributed by atoms with van der Waals surface area (Å²) in [5, 5.41) is 12.9. The average Bonchev–Trinajstić information content (AvgIpc) is 3.56. The van der Waals surface area contributed by atoms with Crippen LogP contribution in [-0.2, 0) is 10.2 Å². The van der Waals surface area contributed by atoms with Crippen LogP contribution in [0.4, 0.5) is 5.69 Å². The van der Waals surface area contributed by atoms with E-state index in [9.17, 15) is 9.90 Å². The lowest BCUT2D eigenvalue weighted by atomic mass is 9.93. The number of fused-ring (bicyclic) bond motifs is 1. The molecule has 5 nitrogen and oxygen atoms in total. The second-order valence-electron chi connectivity index (χ2n) is 7.72. The van der Waals surface area contributed by atoms with Crippen LogP contribution in [0, 0.1) is 0 Å². The van der Waals surface area contributed by atoms with Crippen molar-refractivity contribution in [3.63, 3.8) is 0 Å². The molecular formula is C25H23ClN2O3. The van der Waals surface area contributed by atoms with Crippen molar-refractivity contribution >= 4 is 28.8 Å². The first-order valence-corrected chi connectivity index (χ1v) is 10.4. The van der Waals surface area contributed by atoms with E-state index in [1.54, 1.807) is 25.6 Å². The highest BCUT2D eigenvalue weighted by Crippen LogP contribution is 2.48. The molecule has 3 aromatic rings. The molecule has 0 radical (unpaired) electrons. The van der Waals surface area contributed by atoms with Gasteiger partial charge in [0.1, 0.15) is 5.75 Å². The summed E-state index contributed by atoms with van der Waals surface area (Å²) in [5.41, 5.74) is 4.97. The fourth-order valence-corrected chi connectivity index (χ4v) is 3.90. The molecule has 5 rings (SSSR count). The monoisotopic (exact) mass is 434 g/mol. The van der Waals surface area contributed by atoms with Gasteiger partial charge in [-0.05, 0) is 48.2 Å². The van der Waals surface area contributed by atoms with Crippen molar-refractivity contribution in [1.29, 1.82) is 0 Å². The Kier molecular flexibility index (Phi) is 5.81. The number of ether oxygens (including phenoxy) is 1.